The number of aromatic nitrogens is 8. The first-order valence-corrected chi connectivity index (χ1v) is 26.5. The van der Waals surface area contributed by atoms with Crippen LogP contribution in [0.4, 0.5) is 23.3 Å². The van der Waals surface area contributed by atoms with E-state index in [1.165, 1.54) is 0 Å². The number of hydrogen-bond acceptors (Lipinski definition) is 16. The fourth-order valence-electron chi connectivity index (χ4n) is 7.93. The Balaban J connectivity index is 0.000000202. The molecule has 0 spiro atoms. The minimum atomic E-state index is -3.42. The summed E-state index contributed by atoms with van der Waals surface area (Å²) < 4.78 is 57.5. The van der Waals surface area contributed by atoms with Crippen LogP contribution < -0.4 is 40.2 Å². The maximum atomic E-state index is 12.8. The molecular weight excluding hydrogens is 905 g/mol. The van der Waals surface area contributed by atoms with Crippen LogP contribution >= 0.6 is 0 Å². The summed E-state index contributed by atoms with van der Waals surface area (Å²) in [5.41, 5.74) is 6.56. The van der Waals surface area contributed by atoms with Crippen molar-refractivity contribution in [2.45, 2.75) is 129 Å². The summed E-state index contributed by atoms with van der Waals surface area (Å²) in [6.07, 6.45) is 8.87. The minimum absolute atomic E-state index is 0.0107. The van der Waals surface area contributed by atoms with E-state index in [1.54, 1.807) is 27.4 Å². The van der Waals surface area contributed by atoms with Crippen molar-refractivity contribution in [1.29, 1.82) is 0 Å². The van der Waals surface area contributed by atoms with Gasteiger partial charge < -0.3 is 35.3 Å². The average molecular weight is 973 g/mol. The molecule has 2 aliphatic heterocycles. The molecule has 8 rings (SSSR count). The van der Waals surface area contributed by atoms with Crippen molar-refractivity contribution in [2.24, 2.45) is 0 Å². The Bertz CT molecular complexity index is 2730. The summed E-state index contributed by atoms with van der Waals surface area (Å²) in [7, 11) is -3.42. The number of ether oxygens (including phenoxy) is 2. The van der Waals surface area contributed by atoms with Crippen molar-refractivity contribution in [3.8, 4) is 12.0 Å². The van der Waals surface area contributed by atoms with E-state index in [0.717, 1.165) is 91.7 Å². The Labute approximate surface area is 403 Å². The quantitative estimate of drug-likeness (QED) is 0.0521. The van der Waals surface area contributed by atoms with Gasteiger partial charge in [-0.3, -0.25) is 4.72 Å². The van der Waals surface area contributed by atoms with Crippen LogP contribution in [-0.4, -0.2) is 102 Å². The molecule has 0 radical (unpaired) electrons. The van der Waals surface area contributed by atoms with Crippen molar-refractivity contribution >= 4 is 56.0 Å². The highest BCUT2D eigenvalue weighted by molar-refractivity contribution is 7.94. The van der Waals surface area contributed by atoms with Crippen molar-refractivity contribution in [3.05, 3.63) is 83.2 Å². The van der Waals surface area contributed by atoms with Crippen molar-refractivity contribution in [3.63, 3.8) is 0 Å². The van der Waals surface area contributed by atoms with Gasteiger partial charge in [-0.25, -0.2) is 13.1 Å². The second kappa shape index (κ2) is 21.9. The van der Waals surface area contributed by atoms with Gasteiger partial charge in [0.2, 0.25) is 21.9 Å². The Morgan fingerprint density at radius 1 is 0.691 bits per heavy atom. The van der Waals surface area contributed by atoms with Crippen LogP contribution in [0.5, 0.6) is 12.0 Å². The Kier molecular flexibility index (Phi) is 16.2. The lowest BCUT2D eigenvalue weighted by Crippen LogP contribution is -2.37. The SMILES string of the molecule is CC(C)c1cnn2c(NC(C)c3ccccc3NS(C)(=O)=O)nc(O[C@@H]3CCCNC3)nc12.CC(C)c1cnn2c(NC(C)c3ccccc3N[S+]([O-])C(C)(C)C)nc(O[C@@H]3CCCNC3)nc12. The lowest BCUT2D eigenvalue weighted by Gasteiger charge is -2.26. The molecule has 21 heteroatoms. The molecule has 2 saturated heterocycles. The zero-order chi connectivity index (χ0) is 48.8. The second-order valence-electron chi connectivity index (χ2n) is 19.1. The lowest BCUT2D eigenvalue weighted by molar-refractivity contribution is 0.153. The Morgan fingerprint density at radius 3 is 1.54 bits per heavy atom. The molecule has 6 heterocycles. The summed E-state index contributed by atoms with van der Waals surface area (Å²) in [6, 6.07) is 15.4. The number of sulfonamides is 1. The molecule has 19 nitrogen and oxygen atoms in total. The van der Waals surface area contributed by atoms with Crippen LogP contribution in [0.3, 0.4) is 0 Å². The van der Waals surface area contributed by atoms with Gasteiger partial charge in [0.1, 0.15) is 17.0 Å². The number of fused-ring (bicyclic) bond motifs is 2. The highest BCUT2D eigenvalue weighted by Crippen LogP contribution is 2.32. The number of anilines is 4. The van der Waals surface area contributed by atoms with Crippen LogP contribution in [0.1, 0.15) is 134 Å². The minimum Gasteiger partial charge on any atom is -0.593 e. The Hall–Kier alpha value is -5.48. The maximum Gasteiger partial charge on any atom is 0.322 e. The molecule has 3 unspecified atom stereocenters. The van der Waals surface area contributed by atoms with Gasteiger partial charge in [0.05, 0.1) is 53.5 Å². The molecule has 0 aliphatic carbocycles. The van der Waals surface area contributed by atoms with E-state index in [4.69, 9.17) is 19.4 Å². The molecule has 4 aromatic heterocycles. The van der Waals surface area contributed by atoms with E-state index in [1.807, 2.05) is 77.2 Å². The molecule has 2 aromatic carbocycles. The molecule has 6 aromatic rings. The number of rotatable bonds is 16. The van der Waals surface area contributed by atoms with Gasteiger partial charge in [0.15, 0.2) is 11.3 Å². The number of nitrogens with one attached hydrogen (secondary N) is 6. The smallest absolute Gasteiger partial charge is 0.322 e. The molecule has 0 saturated carbocycles. The predicted molar refractivity (Wildman–Crippen MR) is 270 cm³/mol. The number of para-hydroxylation sites is 2. The largest absolute Gasteiger partial charge is 0.593 e. The lowest BCUT2D eigenvalue weighted by atomic mass is 10.1. The Morgan fingerprint density at radius 2 is 1.13 bits per heavy atom. The first kappa shape index (κ1) is 50.4. The third-order valence-electron chi connectivity index (χ3n) is 11.6. The summed E-state index contributed by atoms with van der Waals surface area (Å²) in [4.78, 5) is 18.7. The van der Waals surface area contributed by atoms with Gasteiger partial charge in [-0.15, -0.1) is 0 Å². The molecular formula is C47H68N14O5S2. The normalized spacial score (nSPS) is 18.1. The van der Waals surface area contributed by atoms with E-state index < -0.39 is 21.4 Å². The third-order valence-corrected chi connectivity index (χ3v) is 13.7. The van der Waals surface area contributed by atoms with Crippen molar-refractivity contribution in [1.82, 2.24) is 49.8 Å². The zero-order valence-corrected chi connectivity index (χ0v) is 42.5. The van der Waals surface area contributed by atoms with E-state index in [2.05, 4.69) is 78.6 Å². The van der Waals surface area contributed by atoms with E-state index in [-0.39, 0.29) is 40.9 Å². The average Bonchev–Trinajstić information content (AvgIpc) is 3.93. The third kappa shape index (κ3) is 12.8. The van der Waals surface area contributed by atoms with E-state index in [0.29, 0.717) is 35.3 Å². The molecule has 368 valence electrons. The monoisotopic (exact) mass is 972 g/mol. The van der Waals surface area contributed by atoms with Crippen LogP contribution in [0, 0.1) is 0 Å². The van der Waals surface area contributed by atoms with E-state index in [9.17, 15) is 13.0 Å². The summed E-state index contributed by atoms with van der Waals surface area (Å²) in [5, 5.41) is 22.7. The highest BCUT2D eigenvalue weighted by Gasteiger charge is 2.29. The number of benzene rings is 2. The standard InChI is InChI=1S/C25H37N7O2S.C22H31N7O3S/c1-16(2)20-15-27-32-22(20)29-24(34-18-10-9-13-26-14-18)30-23(32)28-17(3)19-11-7-8-12-21(19)31-35(33)25(4,5)6;1-14(2)18-13-24-29-20(18)26-22(32-16-8-7-11-23-12-16)27-21(29)25-15(3)17-9-5-6-10-19(17)28-33(4,30)31/h7-8,11-12,15-18,26,31H,9-10,13-14H2,1-6H3,(H,28,29,30);5-6,9-10,13-16,23,28H,7-8,11-12H2,1-4H3,(H,25,26,27)/t17?,18-,35?;15?,16-/m11/s1. The van der Waals surface area contributed by atoms with Crippen molar-refractivity contribution in [2.75, 3.05) is 52.5 Å². The molecule has 68 heavy (non-hydrogen) atoms. The molecule has 5 atom stereocenters. The number of nitrogens with zero attached hydrogens (tertiary/aromatic N) is 8. The summed E-state index contributed by atoms with van der Waals surface area (Å²) >= 11 is -1.24. The highest BCUT2D eigenvalue weighted by atomic mass is 32.2. The van der Waals surface area contributed by atoms with Gasteiger partial charge in [-0.2, -0.15) is 39.2 Å². The summed E-state index contributed by atoms with van der Waals surface area (Å²) in [5.74, 6) is 1.52. The predicted octanol–water partition coefficient (Wildman–Crippen LogP) is 7.35. The van der Waals surface area contributed by atoms with E-state index >= 15 is 0 Å². The van der Waals surface area contributed by atoms with Gasteiger partial charge in [0, 0.05) is 29.8 Å². The van der Waals surface area contributed by atoms with Crippen LogP contribution in [0.25, 0.3) is 11.3 Å². The van der Waals surface area contributed by atoms with Crippen LogP contribution in [0.15, 0.2) is 60.9 Å². The molecule has 6 N–H and O–H groups in total. The van der Waals surface area contributed by atoms with Gasteiger partial charge in [-0.1, -0.05) is 64.1 Å². The summed E-state index contributed by atoms with van der Waals surface area (Å²) in [6.45, 7) is 21.8. The number of hydrogen-bond donors (Lipinski definition) is 6. The topological polar surface area (TPSA) is 234 Å². The van der Waals surface area contributed by atoms with Crippen molar-refractivity contribution < 1.29 is 22.4 Å². The van der Waals surface area contributed by atoms with Crippen LogP contribution in [-0.2, 0) is 21.4 Å². The molecule has 2 fully saturated rings. The number of piperidine rings is 2. The molecule has 0 bridgehead atoms. The zero-order valence-electron chi connectivity index (χ0n) is 40.8. The van der Waals surface area contributed by atoms with Gasteiger partial charge >= 0.3 is 12.0 Å². The van der Waals surface area contributed by atoms with Crippen LogP contribution in [0.2, 0.25) is 0 Å². The maximum absolute atomic E-state index is 12.8. The van der Waals surface area contributed by atoms with Gasteiger partial charge in [0.25, 0.3) is 0 Å². The fourth-order valence-corrected chi connectivity index (χ4v) is 9.20. The molecule has 0 amide bonds. The first-order chi connectivity index (χ1) is 32.3. The first-order valence-electron chi connectivity index (χ1n) is 23.5. The second-order valence-corrected chi connectivity index (χ2v) is 22.8. The van der Waals surface area contributed by atoms with Gasteiger partial charge in [-0.05, 0) is 103 Å². The molecule has 2 aliphatic rings. The fraction of sp³-hybridized carbons (Fsp3) is 0.532.